The molecule has 0 bridgehead atoms. The van der Waals surface area contributed by atoms with Crippen molar-refractivity contribution in [2.24, 2.45) is 11.3 Å². The molecule has 0 saturated heterocycles. The van der Waals surface area contributed by atoms with E-state index in [4.69, 9.17) is 0 Å². The lowest BCUT2D eigenvalue weighted by Gasteiger charge is -2.17. The van der Waals surface area contributed by atoms with Crippen LogP contribution in [-0.4, -0.2) is 10.2 Å². The first kappa shape index (κ1) is 12.2. The van der Waals surface area contributed by atoms with E-state index in [2.05, 4.69) is 50.9 Å². The molecule has 0 unspecified atom stereocenters. The van der Waals surface area contributed by atoms with Gasteiger partial charge in [-0.3, -0.25) is 0 Å². The Morgan fingerprint density at radius 3 is 2.47 bits per heavy atom. The minimum absolute atomic E-state index is 0.283. The number of hydrogen-bond acceptors (Lipinski definition) is 2. The van der Waals surface area contributed by atoms with E-state index in [0.29, 0.717) is 5.92 Å². The fraction of sp³-hybridized carbons (Fsp3) is 0.692. The van der Waals surface area contributed by atoms with Gasteiger partial charge >= 0.3 is 0 Å². The highest BCUT2D eigenvalue weighted by Crippen LogP contribution is 2.19. The number of hydrogen-bond donors (Lipinski definition) is 0. The maximum atomic E-state index is 4.18. The summed E-state index contributed by atoms with van der Waals surface area (Å²) in [5, 5.41) is 8.25. The third-order valence-electron chi connectivity index (χ3n) is 2.12. The molecular weight excluding hydrogens is 184 g/mol. The third-order valence-corrected chi connectivity index (χ3v) is 2.12. The topological polar surface area (TPSA) is 25.8 Å². The molecular formula is C13H22N2. The van der Waals surface area contributed by atoms with Gasteiger partial charge in [0.25, 0.3) is 0 Å². The SMILES string of the molecule is CC(C)Cc1cnnc(CC(C)(C)C)c1. The van der Waals surface area contributed by atoms with Crippen molar-refractivity contribution in [1.82, 2.24) is 10.2 Å². The Morgan fingerprint density at radius 2 is 1.93 bits per heavy atom. The van der Waals surface area contributed by atoms with Gasteiger partial charge in [-0.2, -0.15) is 10.2 Å². The predicted octanol–water partition coefficient (Wildman–Crippen LogP) is 3.26. The largest absolute Gasteiger partial charge is 0.159 e. The standard InChI is InChI=1S/C13H22N2/c1-10(2)6-11-7-12(15-14-9-11)8-13(3,4)5/h7,9-10H,6,8H2,1-5H3. The molecule has 0 radical (unpaired) electrons. The summed E-state index contributed by atoms with van der Waals surface area (Å²) in [5.74, 6) is 0.677. The molecule has 0 aromatic carbocycles. The Labute approximate surface area is 93.1 Å². The number of aromatic nitrogens is 2. The van der Waals surface area contributed by atoms with E-state index in [-0.39, 0.29) is 5.41 Å². The van der Waals surface area contributed by atoms with Gasteiger partial charge in [-0.05, 0) is 35.8 Å². The summed E-state index contributed by atoms with van der Waals surface area (Å²) < 4.78 is 0. The molecule has 1 aromatic rings. The summed E-state index contributed by atoms with van der Waals surface area (Å²) in [5.41, 5.74) is 2.70. The van der Waals surface area contributed by atoms with E-state index in [0.717, 1.165) is 18.5 Å². The normalized spacial score (nSPS) is 12.1. The molecule has 0 amide bonds. The molecule has 15 heavy (non-hydrogen) atoms. The zero-order valence-corrected chi connectivity index (χ0v) is 10.5. The summed E-state index contributed by atoms with van der Waals surface area (Å²) in [6, 6.07) is 2.19. The first-order valence-corrected chi connectivity index (χ1v) is 5.67. The lowest BCUT2D eigenvalue weighted by atomic mass is 9.90. The second-order valence-electron chi connectivity index (χ2n) is 5.89. The van der Waals surface area contributed by atoms with Crippen molar-refractivity contribution in [3.8, 4) is 0 Å². The molecule has 0 N–H and O–H groups in total. The van der Waals surface area contributed by atoms with Crippen LogP contribution in [-0.2, 0) is 12.8 Å². The molecule has 2 heteroatoms. The van der Waals surface area contributed by atoms with Crippen LogP contribution in [0.25, 0.3) is 0 Å². The van der Waals surface area contributed by atoms with Crippen molar-refractivity contribution < 1.29 is 0 Å². The lowest BCUT2D eigenvalue weighted by Crippen LogP contribution is -2.11. The highest BCUT2D eigenvalue weighted by Gasteiger charge is 2.13. The first-order chi connectivity index (χ1) is 6.87. The molecule has 1 aromatic heterocycles. The van der Waals surface area contributed by atoms with Crippen LogP contribution in [0.15, 0.2) is 12.3 Å². The zero-order chi connectivity index (χ0) is 11.5. The van der Waals surface area contributed by atoms with Crippen LogP contribution in [0, 0.1) is 11.3 Å². The number of rotatable bonds is 3. The van der Waals surface area contributed by atoms with Crippen molar-refractivity contribution in [3.05, 3.63) is 23.5 Å². The average molecular weight is 206 g/mol. The van der Waals surface area contributed by atoms with E-state index in [1.807, 2.05) is 6.20 Å². The van der Waals surface area contributed by atoms with Crippen molar-refractivity contribution in [3.63, 3.8) is 0 Å². The third kappa shape index (κ3) is 4.91. The Kier molecular flexibility index (Phi) is 3.83. The van der Waals surface area contributed by atoms with E-state index in [9.17, 15) is 0 Å². The van der Waals surface area contributed by atoms with Gasteiger partial charge in [0.2, 0.25) is 0 Å². The van der Waals surface area contributed by atoms with Gasteiger partial charge in [-0.15, -0.1) is 0 Å². The highest BCUT2D eigenvalue weighted by atomic mass is 15.1. The second kappa shape index (κ2) is 4.73. The maximum absolute atomic E-state index is 4.18. The lowest BCUT2D eigenvalue weighted by molar-refractivity contribution is 0.404. The van der Waals surface area contributed by atoms with Gasteiger partial charge in [0.15, 0.2) is 0 Å². The maximum Gasteiger partial charge on any atom is 0.0639 e. The molecule has 0 fully saturated rings. The number of nitrogens with zero attached hydrogens (tertiary/aromatic N) is 2. The summed E-state index contributed by atoms with van der Waals surface area (Å²) in [6.07, 6.45) is 3.96. The zero-order valence-electron chi connectivity index (χ0n) is 10.5. The Morgan fingerprint density at radius 1 is 1.27 bits per heavy atom. The monoisotopic (exact) mass is 206 g/mol. The molecule has 0 aliphatic rings. The molecule has 1 rings (SSSR count). The van der Waals surface area contributed by atoms with Crippen molar-refractivity contribution >= 4 is 0 Å². The second-order valence-corrected chi connectivity index (χ2v) is 5.89. The quantitative estimate of drug-likeness (QED) is 0.758. The summed E-state index contributed by atoms with van der Waals surface area (Å²) >= 11 is 0. The predicted molar refractivity (Wildman–Crippen MR) is 63.7 cm³/mol. The van der Waals surface area contributed by atoms with E-state index < -0.39 is 0 Å². The fourth-order valence-electron chi connectivity index (χ4n) is 1.67. The molecule has 0 saturated carbocycles. The first-order valence-electron chi connectivity index (χ1n) is 5.67. The van der Waals surface area contributed by atoms with E-state index in [1.165, 1.54) is 5.56 Å². The van der Waals surface area contributed by atoms with E-state index in [1.54, 1.807) is 0 Å². The fourth-order valence-corrected chi connectivity index (χ4v) is 1.67. The summed E-state index contributed by atoms with van der Waals surface area (Å²) in [6.45, 7) is 11.1. The Bertz CT molecular complexity index is 311. The van der Waals surface area contributed by atoms with Crippen molar-refractivity contribution in [2.75, 3.05) is 0 Å². The molecule has 0 spiro atoms. The summed E-state index contributed by atoms with van der Waals surface area (Å²) in [7, 11) is 0. The molecule has 84 valence electrons. The molecule has 0 aliphatic carbocycles. The van der Waals surface area contributed by atoms with Crippen LogP contribution in [0.1, 0.15) is 45.9 Å². The van der Waals surface area contributed by atoms with Crippen LogP contribution >= 0.6 is 0 Å². The van der Waals surface area contributed by atoms with Crippen molar-refractivity contribution in [1.29, 1.82) is 0 Å². The van der Waals surface area contributed by atoms with Crippen LogP contribution < -0.4 is 0 Å². The average Bonchev–Trinajstić information content (AvgIpc) is 1.99. The van der Waals surface area contributed by atoms with Crippen LogP contribution in [0.5, 0.6) is 0 Å². The van der Waals surface area contributed by atoms with Crippen LogP contribution in [0.4, 0.5) is 0 Å². The smallest absolute Gasteiger partial charge is 0.0639 e. The van der Waals surface area contributed by atoms with Gasteiger partial charge in [-0.1, -0.05) is 34.6 Å². The van der Waals surface area contributed by atoms with Gasteiger partial charge in [0.1, 0.15) is 0 Å². The Hall–Kier alpha value is -0.920. The van der Waals surface area contributed by atoms with Gasteiger partial charge in [0.05, 0.1) is 11.9 Å². The molecule has 2 nitrogen and oxygen atoms in total. The molecule has 1 heterocycles. The molecule has 0 atom stereocenters. The highest BCUT2D eigenvalue weighted by molar-refractivity contribution is 5.14. The summed E-state index contributed by atoms with van der Waals surface area (Å²) in [4.78, 5) is 0. The van der Waals surface area contributed by atoms with Gasteiger partial charge < -0.3 is 0 Å². The minimum atomic E-state index is 0.283. The van der Waals surface area contributed by atoms with Gasteiger partial charge in [-0.25, -0.2) is 0 Å². The van der Waals surface area contributed by atoms with Crippen LogP contribution in [0.3, 0.4) is 0 Å². The Balaban J connectivity index is 2.74. The molecule has 0 aliphatic heterocycles. The van der Waals surface area contributed by atoms with E-state index >= 15 is 0 Å². The van der Waals surface area contributed by atoms with Gasteiger partial charge in [0, 0.05) is 0 Å². The minimum Gasteiger partial charge on any atom is -0.159 e. The van der Waals surface area contributed by atoms with Crippen LogP contribution in [0.2, 0.25) is 0 Å². The van der Waals surface area contributed by atoms with Crippen molar-refractivity contribution in [2.45, 2.75) is 47.5 Å².